The van der Waals surface area contributed by atoms with Gasteiger partial charge in [0.15, 0.2) is 5.78 Å². The first kappa shape index (κ1) is 7.50. The summed E-state index contributed by atoms with van der Waals surface area (Å²) in [5.74, 6) is 0.115. The van der Waals surface area contributed by atoms with E-state index in [1.807, 2.05) is 30.3 Å². The fourth-order valence-electron chi connectivity index (χ4n) is 1.32. The third kappa shape index (κ3) is 1.25. The number of carbonyl (C=O) groups excluding carboxylic acids is 1. The van der Waals surface area contributed by atoms with E-state index in [-0.39, 0.29) is 18.0 Å². The van der Waals surface area contributed by atoms with Gasteiger partial charge in [-0.1, -0.05) is 30.3 Å². The lowest BCUT2D eigenvalue weighted by Crippen LogP contribution is -2.00. The molecule has 2 nitrogen and oxygen atoms in total. The summed E-state index contributed by atoms with van der Waals surface area (Å²) in [6.07, 6.45) is -0.170. The van der Waals surface area contributed by atoms with Crippen molar-refractivity contribution in [3.63, 3.8) is 0 Å². The molecule has 1 aromatic carbocycles. The molecule has 12 heavy (non-hydrogen) atoms. The lowest BCUT2D eigenvalue weighted by Gasteiger charge is -1.91. The van der Waals surface area contributed by atoms with Crippen LogP contribution in [0.15, 0.2) is 30.3 Å². The third-order valence-corrected chi connectivity index (χ3v) is 2.02. The molecule has 0 saturated carbocycles. The Labute approximate surface area is 71.2 Å². The topological polar surface area (TPSA) is 29.6 Å². The summed E-state index contributed by atoms with van der Waals surface area (Å²) < 4.78 is 5.21. The Morgan fingerprint density at radius 1 is 1.33 bits per heavy atom. The molecule has 0 aromatic heterocycles. The number of carbonyl (C=O) groups is 1. The largest absolute Gasteiger partial charge is 0.356 e. The van der Waals surface area contributed by atoms with Crippen LogP contribution < -0.4 is 0 Å². The van der Waals surface area contributed by atoms with Gasteiger partial charge in [0.1, 0.15) is 12.2 Å². The van der Waals surface area contributed by atoms with Crippen LogP contribution in [0, 0.1) is 0 Å². The molecule has 0 bridgehead atoms. The Morgan fingerprint density at radius 2 is 2.00 bits per heavy atom. The number of rotatable bonds is 2. The van der Waals surface area contributed by atoms with Gasteiger partial charge in [0.25, 0.3) is 0 Å². The maximum atomic E-state index is 10.9. The van der Waals surface area contributed by atoms with E-state index in [0.717, 1.165) is 5.56 Å². The lowest BCUT2D eigenvalue weighted by atomic mass is 10.1. The average molecular weight is 162 g/mol. The van der Waals surface area contributed by atoms with Crippen molar-refractivity contribution in [1.29, 1.82) is 0 Å². The van der Waals surface area contributed by atoms with Gasteiger partial charge in [0, 0.05) is 0 Å². The molecule has 0 radical (unpaired) electrons. The number of hydrogen-bond acceptors (Lipinski definition) is 2. The van der Waals surface area contributed by atoms with Crippen LogP contribution in [0.2, 0.25) is 0 Å². The van der Waals surface area contributed by atoms with Crippen molar-refractivity contribution in [1.82, 2.24) is 0 Å². The molecule has 0 amide bonds. The van der Waals surface area contributed by atoms with Crippen molar-refractivity contribution in [2.75, 3.05) is 0 Å². The molecule has 0 N–H and O–H groups in total. The van der Waals surface area contributed by atoms with E-state index >= 15 is 0 Å². The monoisotopic (exact) mass is 162 g/mol. The first-order chi connectivity index (χ1) is 5.79. The second-order valence-electron chi connectivity index (χ2n) is 3.00. The Morgan fingerprint density at radius 3 is 2.50 bits per heavy atom. The number of epoxide rings is 1. The van der Waals surface area contributed by atoms with E-state index in [2.05, 4.69) is 0 Å². The Kier molecular flexibility index (Phi) is 1.70. The molecule has 2 rings (SSSR count). The zero-order chi connectivity index (χ0) is 8.55. The van der Waals surface area contributed by atoms with E-state index in [1.165, 1.54) is 0 Å². The number of ether oxygens (including phenoxy) is 1. The van der Waals surface area contributed by atoms with Crippen molar-refractivity contribution in [3.05, 3.63) is 35.9 Å². The molecule has 62 valence electrons. The Balaban J connectivity index is 2.11. The zero-order valence-electron chi connectivity index (χ0n) is 6.86. The number of Topliss-reactive ketones (excluding diaryl/α,β-unsaturated/α-hetero) is 1. The van der Waals surface area contributed by atoms with Gasteiger partial charge in [-0.2, -0.15) is 0 Å². The van der Waals surface area contributed by atoms with Crippen molar-refractivity contribution >= 4 is 5.78 Å². The fraction of sp³-hybridized carbons (Fsp3) is 0.300. The molecule has 1 aliphatic heterocycles. The molecule has 1 aromatic rings. The minimum absolute atomic E-state index is 0.0173. The van der Waals surface area contributed by atoms with E-state index in [0.29, 0.717) is 0 Å². The van der Waals surface area contributed by atoms with Crippen LogP contribution >= 0.6 is 0 Å². The SMILES string of the molecule is CC(=O)[C@@H]1O[C@@H]1c1ccccc1. The van der Waals surface area contributed by atoms with Crippen LogP contribution in [0.1, 0.15) is 18.6 Å². The maximum Gasteiger partial charge on any atom is 0.161 e. The first-order valence-electron chi connectivity index (χ1n) is 4.00. The highest BCUT2D eigenvalue weighted by Crippen LogP contribution is 2.38. The van der Waals surface area contributed by atoms with Crippen molar-refractivity contribution in [3.8, 4) is 0 Å². The van der Waals surface area contributed by atoms with Gasteiger partial charge in [-0.3, -0.25) is 4.79 Å². The highest BCUT2D eigenvalue weighted by Gasteiger charge is 2.43. The van der Waals surface area contributed by atoms with E-state index in [4.69, 9.17) is 4.74 Å². The van der Waals surface area contributed by atoms with Crippen LogP contribution in [-0.2, 0) is 9.53 Å². The first-order valence-corrected chi connectivity index (χ1v) is 4.00. The summed E-state index contributed by atoms with van der Waals surface area (Å²) in [4.78, 5) is 10.9. The number of ketones is 1. The predicted octanol–water partition coefficient (Wildman–Crippen LogP) is 1.72. The van der Waals surface area contributed by atoms with Gasteiger partial charge in [0.2, 0.25) is 0 Å². The van der Waals surface area contributed by atoms with E-state index in [9.17, 15) is 4.79 Å². The lowest BCUT2D eigenvalue weighted by molar-refractivity contribution is -0.118. The van der Waals surface area contributed by atoms with Crippen molar-refractivity contribution in [2.24, 2.45) is 0 Å². The van der Waals surface area contributed by atoms with Gasteiger partial charge in [-0.15, -0.1) is 0 Å². The minimum Gasteiger partial charge on any atom is -0.356 e. The number of hydrogen-bond donors (Lipinski definition) is 0. The number of benzene rings is 1. The van der Waals surface area contributed by atoms with Crippen molar-refractivity contribution < 1.29 is 9.53 Å². The predicted molar refractivity (Wildman–Crippen MR) is 44.7 cm³/mol. The summed E-state index contributed by atoms with van der Waals surface area (Å²) in [7, 11) is 0. The molecule has 1 heterocycles. The second kappa shape index (κ2) is 2.72. The van der Waals surface area contributed by atoms with Gasteiger partial charge >= 0.3 is 0 Å². The Bertz CT molecular complexity index is 292. The molecule has 1 saturated heterocycles. The quantitative estimate of drug-likeness (QED) is 0.619. The molecule has 2 atom stereocenters. The van der Waals surface area contributed by atoms with Crippen LogP contribution in [0.4, 0.5) is 0 Å². The summed E-state index contributed by atoms with van der Waals surface area (Å²) in [5.41, 5.74) is 1.10. The zero-order valence-corrected chi connectivity index (χ0v) is 6.86. The van der Waals surface area contributed by atoms with Gasteiger partial charge in [-0.25, -0.2) is 0 Å². The fourth-order valence-corrected chi connectivity index (χ4v) is 1.32. The van der Waals surface area contributed by atoms with Crippen LogP contribution in [0.25, 0.3) is 0 Å². The smallest absolute Gasteiger partial charge is 0.161 e. The minimum atomic E-state index is -0.188. The summed E-state index contributed by atoms with van der Waals surface area (Å²) in [5, 5.41) is 0. The van der Waals surface area contributed by atoms with Gasteiger partial charge < -0.3 is 4.74 Å². The molecule has 0 aliphatic carbocycles. The third-order valence-electron chi connectivity index (χ3n) is 2.02. The molecule has 1 aliphatic rings. The van der Waals surface area contributed by atoms with E-state index in [1.54, 1.807) is 6.92 Å². The molecule has 1 fully saturated rings. The second-order valence-corrected chi connectivity index (χ2v) is 3.00. The van der Waals surface area contributed by atoms with Gasteiger partial charge in [-0.05, 0) is 12.5 Å². The highest BCUT2D eigenvalue weighted by molar-refractivity contribution is 5.83. The van der Waals surface area contributed by atoms with Crippen LogP contribution in [-0.4, -0.2) is 11.9 Å². The average Bonchev–Trinajstić information content (AvgIpc) is 2.84. The normalized spacial score (nSPS) is 26.8. The van der Waals surface area contributed by atoms with Crippen LogP contribution in [0.5, 0.6) is 0 Å². The van der Waals surface area contributed by atoms with E-state index < -0.39 is 0 Å². The summed E-state index contributed by atoms with van der Waals surface area (Å²) in [6.45, 7) is 1.56. The van der Waals surface area contributed by atoms with Crippen molar-refractivity contribution in [2.45, 2.75) is 19.1 Å². The maximum absolute atomic E-state index is 10.9. The Hall–Kier alpha value is -1.15. The molecular weight excluding hydrogens is 152 g/mol. The summed E-state index contributed by atoms with van der Waals surface area (Å²) >= 11 is 0. The highest BCUT2D eigenvalue weighted by atomic mass is 16.6. The standard InChI is InChI=1S/C10H10O2/c1-7(11)9-10(12-9)8-5-3-2-4-6-8/h2-6,9-10H,1H3/t9-,10+/m0/s1. The molecule has 0 spiro atoms. The molecule has 0 unspecified atom stereocenters. The molecule has 2 heteroatoms. The summed E-state index contributed by atoms with van der Waals surface area (Å²) in [6, 6.07) is 9.82. The van der Waals surface area contributed by atoms with Crippen LogP contribution in [0.3, 0.4) is 0 Å². The van der Waals surface area contributed by atoms with Gasteiger partial charge in [0.05, 0.1) is 0 Å². The molecular formula is C10H10O2.